The normalized spacial score (nSPS) is 10.8. The van der Waals surface area contributed by atoms with Crippen molar-refractivity contribution in [3.8, 4) is 11.5 Å². The number of hydrogen-bond acceptors (Lipinski definition) is 6. The molecule has 0 heterocycles. The third-order valence-corrected chi connectivity index (χ3v) is 3.58. The predicted molar refractivity (Wildman–Crippen MR) is 114 cm³/mol. The van der Waals surface area contributed by atoms with Crippen molar-refractivity contribution in [2.45, 2.75) is 6.92 Å². The first kappa shape index (κ1) is 24.4. The van der Waals surface area contributed by atoms with E-state index in [2.05, 4.69) is 10.4 Å². The van der Waals surface area contributed by atoms with Crippen LogP contribution in [-0.4, -0.2) is 58.8 Å². The zero-order chi connectivity index (χ0) is 21.5. The molecule has 0 aliphatic heterocycles. The molecule has 0 saturated heterocycles. The van der Waals surface area contributed by atoms with E-state index in [1.54, 1.807) is 14.2 Å². The fourth-order valence-electron chi connectivity index (χ4n) is 2.37. The SMILES string of the molecule is CCF.CNN(/C(=N\COC)c1ccc(OCCO)cc1)c1ccc(OC)cc1. The van der Waals surface area contributed by atoms with Crippen molar-refractivity contribution in [1.82, 2.24) is 5.43 Å². The molecule has 29 heavy (non-hydrogen) atoms. The average molecular weight is 407 g/mol. The Balaban J connectivity index is 0.00000132. The van der Waals surface area contributed by atoms with Crippen molar-refractivity contribution >= 4 is 11.5 Å². The predicted octanol–water partition coefficient (Wildman–Crippen LogP) is 3.03. The Labute approximate surface area is 171 Å². The lowest BCUT2D eigenvalue weighted by molar-refractivity contribution is 0.201. The molecule has 0 aromatic heterocycles. The van der Waals surface area contributed by atoms with Crippen molar-refractivity contribution in [3.05, 3.63) is 54.1 Å². The Morgan fingerprint density at radius 1 is 1.07 bits per heavy atom. The molecule has 0 radical (unpaired) electrons. The van der Waals surface area contributed by atoms with Gasteiger partial charge in [0.25, 0.3) is 0 Å². The summed E-state index contributed by atoms with van der Waals surface area (Å²) in [7, 11) is 5.06. The topological polar surface area (TPSA) is 75.6 Å². The zero-order valence-corrected chi connectivity index (χ0v) is 17.4. The highest BCUT2D eigenvalue weighted by Gasteiger charge is 2.15. The summed E-state index contributed by atoms with van der Waals surface area (Å²) >= 11 is 0. The van der Waals surface area contributed by atoms with Crippen LogP contribution < -0.4 is 19.9 Å². The van der Waals surface area contributed by atoms with Gasteiger partial charge in [0.15, 0.2) is 5.84 Å². The number of hydrogen-bond donors (Lipinski definition) is 2. The number of ether oxygens (including phenoxy) is 3. The third kappa shape index (κ3) is 8.06. The van der Waals surface area contributed by atoms with Crippen molar-refractivity contribution in [3.63, 3.8) is 0 Å². The van der Waals surface area contributed by atoms with Gasteiger partial charge in [0.2, 0.25) is 0 Å². The molecule has 2 aromatic carbocycles. The van der Waals surface area contributed by atoms with Crippen LogP contribution in [0.25, 0.3) is 0 Å². The summed E-state index contributed by atoms with van der Waals surface area (Å²) in [5.41, 5.74) is 4.95. The van der Waals surface area contributed by atoms with Gasteiger partial charge in [0, 0.05) is 19.7 Å². The van der Waals surface area contributed by atoms with Crippen molar-refractivity contribution < 1.29 is 23.7 Å². The van der Waals surface area contributed by atoms with Gasteiger partial charge in [-0.15, -0.1) is 0 Å². The number of amidine groups is 1. The van der Waals surface area contributed by atoms with Crippen molar-refractivity contribution in [1.29, 1.82) is 0 Å². The number of methoxy groups -OCH3 is 2. The number of aliphatic hydroxyl groups excluding tert-OH is 1. The van der Waals surface area contributed by atoms with Crippen LogP contribution in [0.4, 0.5) is 10.1 Å². The average Bonchev–Trinajstić information content (AvgIpc) is 2.76. The maximum atomic E-state index is 10.3. The lowest BCUT2D eigenvalue weighted by Crippen LogP contribution is -2.41. The Kier molecular flexibility index (Phi) is 12.0. The van der Waals surface area contributed by atoms with E-state index in [1.807, 2.05) is 60.6 Å². The molecule has 0 aliphatic rings. The minimum absolute atomic E-state index is 0.0205. The number of halogens is 1. The standard InChI is InChI=1S/C19H25N3O4.C2H5F/c1-20-22(16-6-10-17(25-3)11-7-16)19(21-14-24-2)15-4-8-18(9-5-15)26-13-12-23;1-2-3/h4-11,20,23H,12-14H2,1-3H3;2H2,1H3/b21-19-;. The first-order valence-corrected chi connectivity index (χ1v) is 9.20. The Morgan fingerprint density at radius 3 is 2.14 bits per heavy atom. The summed E-state index contributed by atoms with van der Waals surface area (Å²) < 4.78 is 26.0. The lowest BCUT2D eigenvalue weighted by Gasteiger charge is -2.25. The molecule has 8 heteroatoms. The van der Waals surface area contributed by atoms with Gasteiger partial charge in [-0.1, -0.05) is 0 Å². The molecule has 2 N–H and O–H groups in total. The van der Waals surface area contributed by atoms with Crippen LogP contribution in [0, 0.1) is 0 Å². The first-order chi connectivity index (χ1) is 14.1. The summed E-state index contributed by atoms with van der Waals surface area (Å²) in [6, 6.07) is 15.2. The fourth-order valence-corrected chi connectivity index (χ4v) is 2.37. The van der Waals surface area contributed by atoms with E-state index in [0.29, 0.717) is 11.6 Å². The van der Waals surface area contributed by atoms with E-state index < -0.39 is 0 Å². The van der Waals surface area contributed by atoms with Gasteiger partial charge in [-0.05, 0) is 55.5 Å². The molecule has 0 unspecified atom stereocenters. The Hall–Kier alpha value is -2.68. The number of rotatable bonds is 9. The molecule has 0 atom stereocenters. The zero-order valence-electron chi connectivity index (χ0n) is 17.4. The molecule has 0 amide bonds. The first-order valence-electron chi connectivity index (χ1n) is 9.20. The number of nitrogens with zero attached hydrogens (tertiary/aromatic N) is 2. The smallest absolute Gasteiger partial charge is 0.152 e. The summed E-state index contributed by atoms with van der Waals surface area (Å²) in [6.45, 7) is 1.68. The van der Waals surface area contributed by atoms with Crippen LogP contribution in [0.15, 0.2) is 53.5 Å². The minimum Gasteiger partial charge on any atom is -0.497 e. The van der Waals surface area contributed by atoms with Gasteiger partial charge in [0.05, 0.1) is 26.1 Å². The van der Waals surface area contributed by atoms with E-state index in [-0.39, 0.29) is 26.6 Å². The van der Waals surface area contributed by atoms with Gasteiger partial charge in [0.1, 0.15) is 24.8 Å². The number of anilines is 1. The summed E-state index contributed by atoms with van der Waals surface area (Å²) in [5, 5.41) is 10.7. The molecule has 0 spiro atoms. The molecule has 2 rings (SSSR count). The summed E-state index contributed by atoms with van der Waals surface area (Å²) in [5.74, 6) is 2.17. The molecule has 0 bridgehead atoms. The number of nitrogens with one attached hydrogen (secondary N) is 1. The van der Waals surface area contributed by atoms with Gasteiger partial charge in [-0.25, -0.2) is 10.4 Å². The van der Waals surface area contributed by atoms with Crippen molar-refractivity contribution in [2.75, 3.05) is 52.9 Å². The van der Waals surface area contributed by atoms with E-state index in [4.69, 9.17) is 19.3 Å². The highest BCUT2D eigenvalue weighted by molar-refractivity contribution is 6.09. The Morgan fingerprint density at radius 2 is 1.66 bits per heavy atom. The number of hydrazine groups is 1. The maximum Gasteiger partial charge on any atom is 0.152 e. The van der Waals surface area contributed by atoms with Crippen molar-refractivity contribution in [2.24, 2.45) is 4.99 Å². The maximum absolute atomic E-state index is 10.3. The molecule has 7 nitrogen and oxygen atoms in total. The number of benzene rings is 2. The highest BCUT2D eigenvalue weighted by atomic mass is 19.1. The molecule has 0 saturated carbocycles. The molecule has 2 aromatic rings. The van der Waals surface area contributed by atoms with Crippen LogP contribution in [-0.2, 0) is 4.74 Å². The van der Waals surface area contributed by atoms with E-state index in [9.17, 15) is 4.39 Å². The summed E-state index contributed by atoms with van der Waals surface area (Å²) in [6.07, 6.45) is 0. The van der Waals surface area contributed by atoms with Crippen LogP contribution in [0.3, 0.4) is 0 Å². The largest absolute Gasteiger partial charge is 0.497 e. The van der Waals surface area contributed by atoms with E-state index in [1.165, 1.54) is 6.92 Å². The van der Waals surface area contributed by atoms with Gasteiger partial charge < -0.3 is 19.3 Å². The van der Waals surface area contributed by atoms with Crippen LogP contribution >= 0.6 is 0 Å². The Bertz CT molecular complexity index is 709. The van der Waals surface area contributed by atoms with Gasteiger partial charge in [-0.3, -0.25) is 9.40 Å². The fraction of sp³-hybridized carbons (Fsp3) is 0.381. The molecule has 0 fully saturated rings. The number of aliphatic imine (C=N–C) groups is 1. The van der Waals surface area contributed by atoms with Crippen LogP contribution in [0.2, 0.25) is 0 Å². The molecular weight excluding hydrogens is 377 g/mol. The van der Waals surface area contributed by atoms with E-state index in [0.717, 1.165) is 17.0 Å². The second-order valence-corrected chi connectivity index (χ2v) is 5.52. The molecule has 0 aliphatic carbocycles. The second-order valence-electron chi connectivity index (χ2n) is 5.52. The highest BCUT2D eigenvalue weighted by Crippen LogP contribution is 2.21. The van der Waals surface area contributed by atoms with Gasteiger partial charge in [-0.2, -0.15) is 0 Å². The molecular formula is C21H30FN3O4. The van der Waals surface area contributed by atoms with Crippen LogP contribution in [0.5, 0.6) is 11.5 Å². The third-order valence-electron chi connectivity index (χ3n) is 3.58. The van der Waals surface area contributed by atoms with Crippen LogP contribution in [0.1, 0.15) is 12.5 Å². The van der Waals surface area contributed by atoms with E-state index >= 15 is 0 Å². The number of aliphatic hydroxyl groups is 1. The second kappa shape index (κ2) is 14.3. The molecule has 160 valence electrons. The number of alkyl halides is 1. The monoisotopic (exact) mass is 407 g/mol. The summed E-state index contributed by atoms with van der Waals surface area (Å²) in [4.78, 5) is 4.54. The lowest BCUT2D eigenvalue weighted by atomic mass is 10.1. The quantitative estimate of drug-likeness (QED) is 0.378. The minimum atomic E-state index is -0.250. The van der Waals surface area contributed by atoms with Gasteiger partial charge >= 0.3 is 0 Å².